The molecule has 0 amide bonds. The summed E-state index contributed by atoms with van der Waals surface area (Å²) in [6, 6.07) is 5.73. The van der Waals surface area contributed by atoms with Crippen molar-refractivity contribution in [2.45, 2.75) is 40.0 Å². The highest BCUT2D eigenvalue weighted by Gasteiger charge is 2.09. The summed E-state index contributed by atoms with van der Waals surface area (Å²) in [6.07, 6.45) is 2.56. The lowest BCUT2D eigenvalue weighted by Gasteiger charge is -2.13. The third-order valence-corrected chi connectivity index (χ3v) is 3.03. The third-order valence-electron chi connectivity index (χ3n) is 3.03. The number of hydrogen-bond acceptors (Lipinski definition) is 5. The summed E-state index contributed by atoms with van der Waals surface area (Å²) in [4.78, 5) is 4.23. The third kappa shape index (κ3) is 3.95. The number of aromatic nitrogens is 3. The van der Waals surface area contributed by atoms with Gasteiger partial charge < -0.3 is 15.2 Å². The predicted octanol–water partition coefficient (Wildman–Crippen LogP) is 2.12. The lowest BCUT2D eigenvalue weighted by Crippen LogP contribution is -2.09. The molecule has 2 rings (SSSR count). The number of nitrogens with two attached hydrogens (primary N) is 1. The zero-order chi connectivity index (χ0) is 15.1. The molecule has 0 fully saturated rings. The maximum absolute atomic E-state index is 5.83. The molecule has 1 heterocycles. The van der Waals surface area contributed by atoms with Crippen LogP contribution in [-0.2, 0) is 19.7 Å². The van der Waals surface area contributed by atoms with Crippen LogP contribution in [0.25, 0.3) is 0 Å². The van der Waals surface area contributed by atoms with Gasteiger partial charge in [0.05, 0.1) is 6.61 Å². The highest BCUT2D eigenvalue weighted by Crippen LogP contribution is 2.29. The van der Waals surface area contributed by atoms with Gasteiger partial charge in [0.15, 0.2) is 17.3 Å². The quantitative estimate of drug-likeness (QED) is 0.806. The number of aryl methyl sites for hydroxylation is 1. The molecule has 0 atom stereocenters. The Bertz CT molecular complexity index is 569. The Morgan fingerprint density at radius 1 is 1.19 bits per heavy atom. The first kappa shape index (κ1) is 15.3. The fraction of sp³-hybridized carbons (Fsp3) is 0.467. The molecule has 1 aromatic carbocycles. The Balaban J connectivity index is 2.09. The average Bonchev–Trinajstić information content (AvgIpc) is 2.94. The van der Waals surface area contributed by atoms with Gasteiger partial charge in [-0.25, -0.2) is 9.67 Å². The van der Waals surface area contributed by atoms with Crippen molar-refractivity contribution in [2.75, 3.05) is 6.61 Å². The highest BCUT2D eigenvalue weighted by atomic mass is 16.5. The standard InChI is InChI=1S/C15H22N4O2/c1-3-7-19-15(17-11-18-19)10-21-13-6-5-12(9-16)8-14(13)20-4-2/h5-6,8,11H,3-4,7,9-10,16H2,1-2H3. The molecule has 114 valence electrons. The van der Waals surface area contributed by atoms with E-state index in [4.69, 9.17) is 15.2 Å². The molecule has 0 bridgehead atoms. The van der Waals surface area contributed by atoms with Crippen LogP contribution < -0.4 is 15.2 Å². The van der Waals surface area contributed by atoms with Crippen molar-refractivity contribution in [3.05, 3.63) is 35.9 Å². The molecular formula is C15H22N4O2. The van der Waals surface area contributed by atoms with Crippen LogP contribution in [0.2, 0.25) is 0 Å². The van der Waals surface area contributed by atoms with Crippen molar-refractivity contribution in [1.82, 2.24) is 14.8 Å². The summed E-state index contributed by atoms with van der Waals surface area (Å²) in [6.45, 7) is 6.30. The van der Waals surface area contributed by atoms with Crippen LogP contribution in [0.5, 0.6) is 11.5 Å². The van der Waals surface area contributed by atoms with E-state index >= 15 is 0 Å². The molecule has 21 heavy (non-hydrogen) atoms. The minimum Gasteiger partial charge on any atom is -0.490 e. The molecule has 0 aliphatic heterocycles. The van der Waals surface area contributed by atoms with Gasteiger partial charge in [0.25, 0.3) is 0 Å². The zero-order valence-corrected chi connectivity index (χ0v) is 12.6. The van der Waals surface area contributed by atoms with E-state index in [1.54, 1.807) is 6.33 Å². The molecule has 2 N–H and O–H groups in total. The number of hydrogen-bond donors (Lipinski definition) is 1. The maximum Gasteiger partial charge on any atom is 0.164 e. The van der Waals surface area contributed by atoms with E-state index in [0.29, 0.717) is 31.3 Å². The van der Waals surface area contributed by atoms with E-state index in [9.17, 15) is 0 Å². The molecule has 0 spiro atoms. The van der Waals surface area contributed by atoms with Crippen molar-refractivity contribution < 1.29 is 9.47 Å². The van der Waals surface area contributed by atoms with E-state index in [0.717, 1.165) is 24.4 Å². The molecule has 6 nitrogen and oxygen atoms in total. The number of rotatable bonds is 8. The first-order chi connectivity index (χ1) is 10.3. The largest absolute Gasteiger partial charge is 0.490 e. The first-order valence-corrected chi connectivity index (χ1v) is 7.23. The first-order valence-electron chi connectivity index (χ1n) is 7.23. The van der Waals surface area contributed by atoms with Crippen molar-refractivity contribution in [1.29, 1.82) is 0 Å². The molecule has 0 aliphatic carbocycles. The van der Waals surface area contributed by atoms with Crippen molar-refractivity contribution in [2.24, 2.45) is 5.73 Å². The Labute approximate surface area is 124 Å². The van der Waals surface area contributed by atoms with E-state index in [1.165, 1.54) is 0 Å². The second kappa shape index (κ2) is 7.64. The smallest absolute Gasteiger partial charge is 0.164 e. The minimum absolute atomic E-state index is 0.363. The molecule has 2 aromatic rings. The Hall–Kier alpha value is -2.08. The Kier molecular flexibility index (Phi) is 5.57. The fourth-order valence-corrected chi connectivity index (χ4v) is 2.01. The van der Waals surface area contributed by atoms with Gasteiger partial charge in [-0.1, -0.05) is 13.0 Å². The molecule has 0 saturated carbocycles. The molecule has 0 radical (unpaired) electrons. The number of benzene rings is 1. The summed E-state index contributed by atoms with van der Waals surface area (Å²) in [5, 5.41) is 4.18. The topological polar surface area (TPSA) is 75.2 Å². The van der Waals surface area contributed by atoms with E-state index in [1.807, 2.05) is 29.8 Å². The summed E-state index contributed by atoms with van der Waals surface area (Å²) >= 11 is 0. The molecule has 0 aliphatic rings. The number of ether oxygens (including phenoxy) is 2. The van der Waals surface area contributed by atoms with Crippen LogP contribution in [0.1, 0.15) is 31.7 Å². The van der Waals surface area contributed by atoms with Gasteiger partial charge in [-0.05, 0) is 31.0 Å². The SMILES string of the molecule is CCCn1ncnc1COc1ccc(CN)cc1OCC. The Morgan fingerprint density at radius 2 is 2.05 bits per heavy atom. The fourth-order valence-electron chi connectivity index (χ4n) is 2.01. The highest BCUT2D eigenvalue weighted by molar-refractivity contribution is 5.43. The van der Waals surface area contributed by atoms with Crippen molar-refractivity contribution >= 4 is 0 Å². The zero-order valence-electron chi connectivity index (χ0n) is 12.6. The van der Waals surface area contributed by atoms with E-state index in [2.05, 4.69) is 17.0 Å². The summed E-state index contributed by atoms with van der Waals surface area (Å²) in [5.74, 6) is 2.21. The molecular weight excluding hydrogens is 268 g/mol. The van der Waals surface area contributed by atoms with Crippen LogP contribution in [-0.4, -0.2) is 21.4 Å². The van der Waals surface area contributed by atoms with E-state index < -0.39 is 0 Å². The molecule has 0 saturated heterocycles. The van der Waals surface area contributed by atoms with Crippen molar-refractivity contribution in [3.63, 3.8) is 0 Å². The summed E-state index contributed by atoms with van der Waals surface area (Å²) < 4.78 is 13.3. The Morgan fingerprint density at radius 3 is 2.76 bits per heavy atom. The lowest BCUT2D eigenvalue weighted by atomic mass is 10.2. The summed E-state index contributed by atoms with van der Waals surface area (Å²) in [5.41, 5.74) is 6.67. The predicted molar refractivity (Wildman–Crippen MR) is 80.1 cm³/mol. The van der Waals surface area contributed by atoms with Gasteiger partial charge in [-0.2, -0.15) is 5.10 Å². The van der Waals surface area contributed by atoms with Gasteiger partial charge in [0, 0.05) is 13.1 Å². The monoisotopic (exact) mass is 290 g/mol. The molecule has 0 unspecified atom stereocenters. The van der Waals surface area contributed by atoms with Crippen LogP contribution >= 0.6 is 0 Å². The number of nitrogens with zero attached hydrogens (tertiary/aromatic N) is 3. The van der Waals surface area contributed by atoms with E-state index in [-0.39, 0.29) is 0 Å². The maximum atomic E-state index is 5.83. The summed E-state index contributed by atoms with van der Waals surface area (Å²) in [7, 11) is 0. The normalized spacial score (nSPS) is 10.6. The molecule has 1 aromatic heterocycles. The lowest BCUT2D eigenvalue weighted by molar-refractivity contribution is 0.257. The van der Waals surface area contributed by atoms with Gasteiger partial charge in [-0.3, -0.25) is 0 Å². The second-order valence-electron chi connectivity index (χ2n) is 4.61. The van der Waals surface area contributed by atoms with Crippen LogP contribution in [0.15, 0.2) is 24.5 Å². The second-order valence-corrected chi connectivity index (χ2v) is 4.61. The van der Waals surface area contributed by atoms with Gasteiger partial charge >= 0.3 is 0 Å². The van der Waals surface area contributed by atoms with Crippen LogP contribution in [0.3, 0.4) is 0 Å². The van der Waals surface area contributed by atoms with Gasteiger partial charge in [0.2, 0.25) is 0 Å². The van der Waals surface area contributed by atoms with Crippen molar-refractivity contribution in [3.8, 4) is 11.5 Å². The van der Waals surface area contributed by atoms with Gasteiger partial charge in [0.1, 0.15) is 12.9 Å². The van der Waals surface area contributed by atoms with Crippen LogP contribution in [0, 0.1) is 0 Å². The minimum atomic E-state index is 0.363. The molecule has 6 heteroatoms. The van der Waals surface area contributed by atoms with Crippen LogP contribution in [0.4, 0.5) is 0 Å². The average molecular weight is 290 g/mol. The van der Waals surface area contributed by atoms with Gasteiger partial charge in [-0.15, -0.1) is 0 Å².